The van der Waals surface area contributed by atoms with E-state index in [1.807, 2.05) is 6.92 Å². The molecule has 168 valence electrons. The van der Waals surface area contributed by atoms with Gasteiger partial charge in [0.2, 0.25) is 15.9 Å². The topological polar surface area (TPSA) is 88.2 Å². The number of piperidine rings is 1. The number of morpholine rings is 1. The van der Waals surface area contributed by atoms with E-state index in [1.54, 1.807) is 6.07 Å². The van der Waals surface area contributed by atoms with Crippen molar-refractivity contribution in [3.63, 3.8) is 0 Å². The molecule has 2 fully saturated rings. The molecule has 3 rings (SSSR count). The van der Waals surface area contributed by atoms with Gasteiger partial charge in [-0.25, -0.2) is 8.42 Å². The molecule has 2 aliphatic heterocycles. The Kier molecular flexibility index (Phi) is 8.35. The summed E-state index contributed by atoms with van der Waals surface area (Å²) in [7, 11) is -3.65. The molecule has 2 heterocycles. The molecule has 2 aliphatic rings. The van der Waals surface area contributed by atoms with E-state index in [4.69, 9.17) is 21.1 Å². The Morgan fingerprint density at radius 1 is 1.23 bits per heavy atom. The van der Waals surface area contributed by atoms with Gasteiger partial charge in [-0.15, -0.1) is 0 Å². The quantitative estimate of drug-likeness (QED) is 0.635. The number of halogens is 1. The first-order valence-corrected chi connectivity index (χ1v) is 12.2. The van der Waals surface area contributed by atoms with Crippen LogP contribution in [0.1, 0.15) is 19.8 Å². The molecule has 0 atom stereocenters. The Morgan fingerprint density at radius 2 is 1.93 bits per heavy atom. The van der Waals surface area contributed by atoms with Crippen LogP contribution in [0.2, 0.25) is 5.02 Å². The molecule has 1 aromatic carbocycles. The van der Waals surface area contributed by atoms with E-state index < -0.39 is 10.0 Å². The first-order chi connectivity index (χ1) is 14.4. The van der Waals surface area contributed by atoms with Gasteiger partial charge >= 0.3 is 0 Å². The summed E-state index contributed by atoms with van der Waals surface area (Å²) in [5.74, 6) is 0.306. The van der Waals surface area contributed by atoms with E-state index >= 15 is 0 Å². The molecule has 0 unspecified atom stereocenters. The Hall–Kier alpha value is -1.39. The second-order valence-corrected chi connectivity index (χ2v) is 9.79. The molecular weight excluding hydrogens is 430 g/mol. The maximum atomic E-state index is 12.9. The Morgan fingerprint density at radius 3 is 2.57 bits per heavy atom. The number of amides is 1. The fourth-order valence-corrected chi connectivity index (χ4v) is 5.52. The maximum Gasteiger partial charge on any atom is 0.243 e. The normalized spacial score (nSPS) is 19.5. The first kappa shape index (κ1) is 23.3. The zero-order valence-electron chi connectivity index (χ0n) is 17.3. The zero-order chi connectivity index (χ0) is 21.6. The third-order valence-corrected chi connectivity index (χ3v) is 7.69. The van der Waals surface area contributed by atoms with E-state index in [1.165, 1.54) is 16.4 Å². The van der Waals surface area contributed by atoms with Crippen molar-refractivity contribution in [1.82, 2.24) is 14.5 Å². The fraction of sp³-hybridized carbons (Fsp3) is 0.650. The van der Waals surface area contributed by atoms with E-state index in [9.17, 15) is 13.2 Å². The molecule has 2 saturated heterocycles. The lowest BCUT2D eigenvalue weighted by molar-refractivity contribution is -0.126. The molecule has 0 bridgehead atoms. The SMILES string of the molecule is CCOc1ccc(S(=O)(=O)N2CCC(C(=O)NCCN3CCOCC3)CC2)cc1Cl. The van der Waals surface area contributed by atoms with Crippen molar-refractivity contribution >= 4 is 27.5 Å². The molecule has 0 saturated carbocycles. The lowest BCUT2D eigenvalue weighted by atomic mass is 9.97. The minimum absolute atomic E-state index is 0.00409. The molecule has 10 heteroatoms. The van der Waals surface area contributed by atoms with Crippen LogP contribution in [0, 0.1) is 5.92 Å². The maximum absolute atomic E-state index is 12.9. The number of hydrogen-bond donors (Lipinski definition) is 1. The minimum Gasteiger partial charge on any atom is -0.492 e. The molecule has 1 N–H and O–H groups in total. The highest BCUT2D eigenvalue weighted by Gasteiger charge is 2.32. The number of ether oxygens (including phenoxy) is 2. The molecule has 1 aromatic rings. The summed E-state index contributed by atoms with van der Waals surface area (Å²) in [5, 5.41) is 3.26. The molecule has 0 spiro atoms. The van der Waals surface area contributed by atoms with Gasteiger partial charge < -0.3 is 14.8 Å². The highest BCUT2D eigenvalue weighted by Crippen LogP contribution is 2.30. The molecule has 0 aromatic heterocycles. The second-order valence-electron chi connectivity index (χ2n) is 7.45. The standard InChI is InChI=1S/C20H30ClN3O5S/c1-2-29-19-4-3-17(15-18(19)21)30(26,27)24-8-5-16(6-9-24)20(25)22-7-10-23-11-13-28-14-12-23/h3-4,15-16H,2,5-14H2,1H3,(H,22,25). The largest absolute Gasteiger partial charge is 0.492 e. The molecule has 30 heavy (non-hydrogen) atoms. The van der Waals surface area contributed by atoms with Crippen LogP contribution < -0.4 is 10.1 Å². The number of nitrogens with zero attached hydrogens (tertiary/aromatic N) is 2. The Bertz CT molecular complexity index is 822. The van der Waals surface area contributed by atoms with Gasteiger partial charge in [-0.1, -0.05) is 11.6 Å². The summed E-state index contributed by atoms with van der Waals surface area (Å²) in [6.07, 6.45) is 1.01. The van der Waals surface area contributed by atoms with Gasteiger partial charge in [-0.2, -0.15) is 4.31 Å². The Labute approximate surface area is 183 Å². The lowest BCUT2D eigenvalue weighted by Gasteiger charge is -2.31. The number of sulfonamides is 1. The summed E-state index contributed by atoms with van der Waals surface area (Å²) in [6.45, 7) is 7.58. The van der Waals surface area contributed by atoms with Gasteiger partial charge in [0.1, 0.15) is 5.75 Å². The van der Waals surface area contributed by atoms with E-state index in [0.29, 0.717) is 44.8 Å². The van der Waals surface area contributed by atoms with Crippen molar-refractivity contribution < 1.29 is 22.7 Å². The van der Waals surface area contributed by atoms with Crippen LogP contribution in [0.15, 0.2) is 23.1 Å². The lowest BCUT2D eigenvalue weighted by Crippen LogP contribution is -2.45. The predicted octanol–water partition coefficient (Wildman–Crippen LogP) is 1.59. The van der Waals surface area contributed by atoms with Crippen LogP contribution in [-0.4, -0.2) is 82.6 Å². The van der Waals surface area contributed by atoms with Crippen LogP contribution >= 0.6 is 11.6 Å². The first-order valence-electron chi connectivity index (χ1n) is 10.4. The van der Waals surface area contributed by atoms with Crippen molar-refractivity contribution in [3.05, 3.63) is 23.2 Å². The van der Waals surface area contributed by atoms with Crippen LogP contribution in [-0.2, 0) is 19.6 Å². The number of rotatable bonds is 8. The average Bonchev–Trinajstić information content (AvgIpc) is 2.76. The van der Waals surface area contributed by atoms with Crippen molar-refractivity contribution in [1.29, 1.82) is 0 Å². The van der Waals surface area contributed by atoms with Crippen molar-refractivity contribution in [3.8, 4) is 5.75 Å². The summed E-state index contributed by atoms with van der Waals surface area (Å²) >= 11 is 6.15. The van der Waals surface area contributed by atoms with Gasteiger partial charge in [0.25, 0.3) is 0 Å². The Balaban J connectivity index is 1.49. The smallest absolute Gasteiger partial charge is 0.243 e. The molecule has 0 radical (unpaired) electrons. The van der Waals surface area contributed by atoms with Crippen LogP contribution in [0.4, 0.5) is 0 Å². The zero-order valence-corrected chi connectivity index (χ0v) is 18.9. The molecular formula is C20H30ClN3O5S. The average molecular weight is 460 g/mol. The highest BCUT2D eigenvalue weighted by molar-refractivity contribution is 7.89. The van der Waals surface area contributed by atoms with Gasteiger partial charge in [0, 0.05) is 45.2 Å². The van der Waals surface area contributed by atoms with Crippen molar-refractivity contribution in [2.45, 2.75) is 24.7 Å². The number of carbonyl (C=O) groups is 1. The molecule has 0 aliphatic carbocycles. The number of nitrogens with one attached hydrogen (secondary N) is 1. The van der Waals surface area contributed by atoms with E-state index in [-0.39, 0.29) is 21.7 Å². The van der Waals surface area contributed by atoms with Gasteiger partial charge in [0.15, 0.2) is 0 Å². The van der Waals surface area contributed by atoms with Crippen LogP contribution in [0.3, 0.4) is 0 Å². The summed E-state index contributed by atoms with van der Waals surface area (Å²) in [6, 6.07) is 4.51. The third-order valence-electron chi connectivity index (χ3n) is 5.50. The van der Waals surface area contributed by atoms with E-state index in [0.717, 1.165) is 32.8 Å². The highest BCUT2D eigenvalue weighted by atomic mass is 35.5. The van der Waals surface area contributed by atoms with Crippen molar-refractivity contribution in [2.75, 3.05) is 59.1 Å². The van der Waals surface area contributed by atoms with Crippen LogP contribution in [0.5, 0.6) is 5.75 Å². The number of benzene rings is 1. The fourth-order valence-electron chi connectivity index (χ4n) is 3.73. The van der Waals surface area contributed by atoms with Gasteiger partial charge in [-0.3, -0.25) is 9.69 Å². The van der Waals surface area contributed by atoms with Crippen molar-refractivity contribution in [2.24, 2.45) is 5.92 Å². The van der Waals surface area contributed by atoms with E-state index in [2.05, 4.69) is 10.2 Å². The minimum atomic E-state index is -3.65. The molecule has 1 amide bonds. The summed E-state index contributed by atoms with van der Waals surface area (Å²) in [4.78, 5) is 14.9. The summed E-state index contributed by atoms with van der Waals surface area (Å²) in [5.41, 5.74) is 0. The summed E-state index contributed by atoms with van der Waals surface area (Å²) < 4.78 is 38.0. The second kappa shape index (κ2) is 10.8. The van der Waals surface area contributed by atoms with Crippen LogP contribution in [0.25, 0.3) is 0 Å². The van der Waals surface area contributed by atoms with Gasteiger partial charge in [-0.05, 0) is 38.0 Å². The number of hydrogen-bond acceptors (Lipinski definition) is 6. The molecule has 8 nitrogen and oxygen atoms in total. The van der Waals surface area contributed by atoms with Gasteiger partial charge in [0.05, 0.1) is 29.7 Å². The number of carbonyl (C=O) groups excluding carboxylic acids is 1. The predicted molar refractivity (Wildman–Crippen MR) is 114 cm³/mol. The third kappa shape index (κ3) is 5.85. The monoisotopic (exact) mass is 459 g/mol.